The molecule has 2 rings (SSSR count). The maximum atomic E-state index is 10.2. The minimum atomic E-state index is -0.492. The van der Waals surface area contributed by atoms with Gasteiger partial charge in [-0.25, -0.2) is 0 Å². The van der Waals surface area contributed by atoms with Gasteiger partial charge in [0.05, 0.1) is 5.60 Å². The second-order valence-corrected chi connectivity index (χ2v) is 7.58. The number of nitrogens with zero attached hydrogens (tertiary/aromatic N) is 1. The Labute approximate surface area is 118 Å². The average molecular weight is 268 g/mol. The predicted octanol–water partition coefficient (Wildman–Crippen LogP) is 2.23. The molecule has 1 saturated heterocycles. The van der Waals surface area contributed by atoms with Crippen molar-refractivity contribution in [2.24, 2.45) is 23.5 Å². The van der Waals surface area contributed by atoms with Gasteiger partial charge >= 0.3 is 0 Å². The molecular weight excluding hydrogens is 236 g/mol. The predicted molar refractivity (Wildman–Crippen MR) is 79.9 cm³/mol. The number of hydrogen-bond acceptors (Lipinski definition) is 3. The molecule has 1 saturated carbocycles. The molecule has 1 aliphatic carbocycles. The van der Waals surface area contributed by atoms with E-state index in [1.54, 1.807) is 0 Å². The van der Waals surface area contributed by atoms with Crippen molar-refractivity contribution in [3.63, 3.8) is 0 Å². The Kier molecular flexibility index (Phi) is 4.91. The number of piperidine rings is 1. The second-order valence-electron chi connectivity index (χ2n) is 7.58. The van der Waals surface area contributed by atoms with Crippen LogP contribution in [0.2, 0.25) is 0 Å². The summed E-state index contributed by atoms with van der Waals surface area (Å²) in [7, 11) is 0. The molecule has 0 aromatic carbocycles. The quantitative estimate of drug-likeness (QED) is 0.825. The van der Waals surface area contributed by atoms with Crippen LogP contribution in [0.4, 0.5) is 0 Å². The highest BCUT2D eigenvalue weighted by Gasteiger charge is 2.34. The van der Waals surface area contributed by atoms with Gasteiger partial charge in [0.15, 0.2) is 0 Å². The zero-order valence-corrected chi connectivity index (χ0v) is 12.9. The van der Waals surface area contributed by atoms with Gasteiger partial charge in [-0.1, -0.05) is 13.8 Å². The van der Waals surface area contributed by atoms with Crippen LogP contribution in [0.5, 0.6) is 0 Å². The van der Waals surface area contributed by atoms with E-state index in [9.17, 15) is 5.11 Å². The zero-order chi connectivity index (χ0) is 14.0. The summed E-state index contributed by atoms with van der Waals surface area (Å²) in [6.07, 6.45) is 5.81. The molecule has 4 atom stereocenters. The SMILES string of the molecule is CC(C)C1CCC(N)C(CN2CCCC(C)(O)C2)C1. The number of aliphatic hydroxyl groups is 1. The van der Waals surface area contributed by atoms with Crippen molar-refractivity contribution in [1.29, 1.82) is 0 Å². The van der Waals surface area contributed by atoms with Gasteiger partial charge in [-0.2, -0.15) is 0 Å². The molecule has 0 spiro atoms. The third-order valence-corrected chi connectivity index (χ3v) is 5.27. The van der Waals surface area contributed by atoms with E-state index in [1.807, 2.05) is 6.92 Å². The summed E-state index contributed by atoms with van der Waals surface area (Å²) in [6.45, 7) is 9.68. The van der Waals surface area contributed by atoms with E-state index in [0.29, 0.717) is 12.0 Å². The zero-order valence-electron chi connectivity index (χ0n) is 12.9. The minimum absolute atomic E-state index is 0.363. The van der Waals surface area contributed by atoms with Gasteiger partial charge in [0.25, 0.3) is 0 Å². The lowest BCUT2D eigenvalue weighted by Crippen LogP contribution is -2.50. The second kappa shape index (κ2) is 6.11. The molecule has 1 heterocycles. The van der Waals surface area contributed by atoms with Crippen LogP contribution < -0.4 is 5.73 Å². The first-order chi connectivity index (χ1) is 8.87. The molecular formula is C16H32N2O. The van der Waals surface area contributed by atoms with Crippen LogP contribution in [0.25, 0.3) is 0 Å². The standard InChI is InChI=1S/C16H32N2O/c1-12(2)13-5-6-15(17)14(9-13)10-18-8-4-7-16(3,19)11-18/h12-15,19H,4-11,17H2,1-3H3. The molecule has 2 fully saturated rings. The van der Waals surface area contributed by atoms with Crippen molar-refractivity contribution in [2.75, 3.05) is 19.6 Å². The largest absolute Gasteiger partial charge is 0.389 e. The molecule has 112 valence electrons. The van der Waals surface area contributed by atoms with Crippen molar-refractivity contribution >= 4 is 0 Å². The van der Waals surface area contributed by atoms with E-state index in [1.165, 1.54) is 19.3 Å². The number of rotatable bonds is 3. The van der Waals surface area contributed by atoms with Crippen LogP contribution in [0.1, 0.15) is 52.9 Å². The third kappa shape index (κ3) is 4.17. The molecule has 3 nitrogen and oxygen atoms in total. The van der Waals surface area contributed by atoms with Crippen molar-refractivity contribution in [2.45, 2.75) is 64.5 Å². The molecule has 0 aromatic heterocycles. The van der Waals surface area contributed by atoms with E-state index in [-0.39, 0.29) is 0 Å². The van der Waals surface area contributed by atoms with Gasteiger partial charge in [-0.15, -0.1) is 0 Å². The smallest absolute Gasteiger partial charge is 0.0746 e. The van der Waals surface area contributed by atoms with Gasteiger partial charge in [-0.3, -0.25) is 0 Å². The molecule has 2 aliphatic rings. The Balaban J connectivity index is 1.89. The Bertz CT molecular complexity index is 290. The first-order valence-electron chi connectivity index (χ1n) is 8.08. The van der Waals surface area contributed by atoms with E-state index in [2.05, 4.69) is 18.7 Å². The number of hydrogen-bond donors (Lipinski definition) is 2. The number of likely N-dealkylation sites (tertiary alicyclic amines) is 1. The first kappa shape index (κ1) is 15.3. The molecule has 0 amide bonds. The van der Waals surface area contributed by atoms with Crippen LogP contribution >= 0.6 is 0 Å². The summed E-state index contributed by atoms with van der Waals surface area (Å²) in [6, 6.07) is 0.363. The van der Waals surface area contributed by atoms with E-state index in [0.717, 1.165) is 44.3 Å². The van der Waals surface area contributed by atoms with E-state index in [4.69, 9.17) is 5.73 Å². The fraction of sp³-hybridized carbons (Fsp3) is 1.00. The Morgan fingerprint density at radius 2 is 2.11 bits per heavy atom. The molecule has 4 unspecified atom stereocenters. The highest BCUT2D eigenvalue weighted by molar-refractivity contribution is 4.89. The van der Waals surface area contributed by atoms with Crippen molar-refractivity contribution < 1.29 is 5.11 Å². The molecule has 0 bridgehead atoms. The Morgan fingerprint density at radius 1 is 1.37 bits per heavy atom. The van der Waals surface area contributed by atoms with Crippen LogP contribution in [0.3, 0.4) is 0 Å². The molecule has 0 aromatic rings. The Hall–Kier alpha value is -0.120. The van der Waals surface area contributed by atoms with Crippen molar-refractivity contribution in [3.05, 3.63) is 0 Å². The maximum absolute atomic E-state index is 10.2. The summed E-state index contributed by atoms with van der Waals surface area (Å²) in [5.74, 6) is 2.24. The highest BCUT2D eigenvalue weighted by Crippen LogP contribution is 2.34. The topological polar surface area (TPSA) is 49.5 Å². The molecule has 19 heavy (non-hydrogen) atoms. The normalized spacial score (nSPS) is 41.7. The monoisotopic (exact) mass is 268 g/mol. The third-order valence-electron chi connectivity index (χ3n) is 5.27. The minimum Gasteiger partial charge on any atom is -0.389 e. The van der Waals surface area contributed by atoms with Gasteiger partial charge in [-0.05, 0) is 63.3 Å². The fourth-order valence-corrected chi connectivity index (χ4v) is 3.95. The number of nitrogens with two attached hydrogens (primary N) is 1. The summed E-state index contributed by atoms with van der Waals surface area (Å²) in [5, 5.41) is 10.2. The van der Waals surface area contributed by atoms with Gasteiger partial charge in [0.2, 0.25) is 0 Å². The lowest BCUT2D eigenvalue weighted by Gasteiger charge is -2.42. The summed E-state index contributed by atoms with van der Waals surface area (Å²) >= 11 is 0. The lowest BCUT2D eigenvalue weighted by atomic mass is 9.73. The summed E-state index contributed by atoms with van der Waals surface area (Å²) < 4.78 is 0. The van der Waals surface area contributed by atoms with E-state index < -0.39 is 5.60 Å². The van der Waals surface area contributed by atoms with Gasteiger partial charge in [0.1, 0.15) is 0 Å². The highest BCUT2D eigenvalue weighted by atomic mass is 16.3. The van der Waals surface area contributed by atoms with Crippen molar-refractivity contribution in [1.82, 2.24) is 4.90 Å². The van der Waals surface area contributed by atoms with Crippen LogP contribution in [0, 0.1) is 17.8 Å². The fourth-order valence-electron chi connectivity index (χ4n) is 3.95. The van der Waals surface area contributed by atoms with Crippen molar-refractivity contribution in [3.8, 4) is 0 Å². The molecule has 0 radical (unpaired) electrons. The molecule has 1 aliphatic heterocycles. The summed E-state index contributed by atoms with van der Waals surface area (Å²) in [4.78, 5) is 2.44. The molecule has 3 heteroatoms. The van der Waals surface area contributed by atoms with Crippen LogP contribution in [0.15, 0.2) is 0 Å². The lowest BCUT2D eigenvalue weighted by molar-refractivity contribution is -0.0242. The van der Waals surface area contributed by atoms with Gasteiger partial charge < -0.3 is 15.7 Å². The van der Waals surface area contributed by atoms with Crippen LogP contribution in [-0.4, -0.2) is 41.3 Å². The van der Waals surface area contributed by atoms with Gasteiger partial charge in [0, 0.05) is 19.1 Å². The number of β-amino-alcohol motifs (C(OH)–C–C–N with tert-alkyl or cyclic N) is 1. The first-order valence-corrected chi connectivity index (χ1v) is 8.08. The van der Waals surface area contributed by atoms with Crippen LogP contribution in [-0.2, 0) is 0 Å². The maximum Gasteiger partial charge on any atom is 0.0746 e. The average Bonchev–Trinajstić information content (AvgIpc) is 2.30. The van der Waals surface area contributed by atoms with E-state index >= 15 is 0 Å². The Morgan fingerprint density at radius 3 is 2.74 bits per heavy atom. The molecule has 3 N–H and O–H groups in total. The summed E-state index contributed by atoms with van der Waals surface area (Å²) in [5.41, 5.74) is 5.85.